The van der Waals surface area contributed by atoms with E-state index in [9.17, 15) is 14.7 Å². The summed E-state index contributed by atoms with van der Waals surface area (Å²) >= 11 is 0. The van der Waals surface area contributed by atoms with Gasteiger partial charge in [-0.25, -0.2) is 9.78 Å². The van der Waals surface area contributed by atoms with Gasteiger partial charge in [-0.1, -0.05) is 0 Å². The van der Waals surface area contributed by atoms with Crippen LogP contribution in [-0.2, 0) is 6.54 Å². The smallest absolute Gasteiger partial charge is 0.337 e. The van der Waals surface area contributed by atoms with Crippen molar-refractivity contribution in [1.82, 2.24) is 15.3 Å². The first-order valence-electron chi connectivity index (χ1n) is 9.32. The van der Waals surface area contributed by atoms with Gasteiger partial charge < -0.3 is 20.1 Å². The monoisotopic (exact) mass is 382 g/mol. The van der Waals surface area contributed by atoms with Gasteiger partial charge in [-0.3, -0.25) is 9.78 Å². The van der Waals surface area contributed by atoms with Gasteiger partial charge in [-0.2, -0.15) is 0 Å². The second kappa shape index (κ2) is 7.10. The molecule has 4 heterocycles. The van der Waals surface area contributed by atoms with Gasteiger partial charge in [0.15, 0.2) is 0 Å². The zero-order chi connectivity index (χ0) is 19.8. The Morgan fingerprint density at radius 1 is 1.29 bits per heavy atom. The van der Waals surface area contributed by atoms with Crippen LogP contribution in [0.15, 0.2) is 18.3 Å². The number of hydrogen-bond donors (Lipinski definition) is 2. The lowest BCUT2D eigenvalue weighted by molar-refractivity contribution is 0.0694. The van der Waals surface area contributed by atoms with E-state index in [-0.39, 0.29) is 17.6 Å². The second-order valence-electron chi connectivity index (χ2n) is 7.22. The number of carbonyl (C=O) groups is 2. The normalized spacial score (nSPS) is 16.6. The third-order valence-electron chi connectivity index (χ3n) is 5.26. The number of carboxylic acids is 1. The molecular formula is C20H22N4O4. The summed E-state index contributed by atoms with van der Waals surface area (Å²) in [4.78, 5) is 34.1. The number of hydrogen-bond acceptors (Lipinski definition) is 6. The van der Waals surface area contributed by atoms with Crippen LogP contribution in [0, 0.1) is 13.8 Å². The minimum absolute atomic E-state index is 0.000351. The van der Waals surface area contributed by atoms with Gasteiger partial charge in [-0.15, -0.1) is 0 Å². The molecule has 0 aliphatic carbocycles. The van der Waals surface area contributed by atoms with Gasteiger partial charge in [-0.05, 0) is 31.5 Å². The first kappa shape index (κ1) is 18.2. The van der Waals surface area contributed by atoms with Gasteiger partial charge in [0, 0.05) is 25.9 Å². The SMILES string of the molecule is Cc1cc2c(nc1N1CCC(Oc3cnc(C)c(C(=O)O)c3)CC1)CNC2=O. The number of fused-ring (bicyclic) bond motifs is 1. The number of ether oxygens (including phenoxy) is 1. The molecule has 4 rings (SSSR count). The molecule has 0 spiro atoms. The van der Waals surface area contributed by atoms with Crippen LogP contribution in [0.3, 0.4) is 0 Å². The molecule has 8 nitrogen and oxygen atoms in total. The highest BCUT2D eigenvalue weighted by Gasteiger charge is 2.27. The number of carbonyl (C=O) groups excluding carboxylic acids is 1. The Hall–Kier alpha value is -3.16. The van der Waals surface area contributed by atoms with E-state index in [4.69, 9.17) is 9.72 Å². The van der Waals surface area contributed by atoms with Crippen LogP contribution in [-0.4, -0.2) is 46.1 Å². The van der Waals surface area contributed by atoms with E-state index in [1.807, 2.05) is 13.0 Å². The van der Waals surface area contributed by atoms with Gasteiger partial charge in [0.25, 0.3) is 5.91 Å². The second-order valence-corrected chi connectivity index (χ2v) is 7.22. The van der Waals surface area contributed by atoms with E-state index >= 15 is 0 Å². The molecule has 1 amide bonds. The van der Waals surface area contributed by atoms with Crippen molar-refractivity contribution in [3.63, 3.8) is 0 Å². The Labute approximate surface area is 162 Å². The predicted octanol–water partition coefficient (Wildman–Crippen LogP) is 2.08. The molecule has 2 N–H and O–H groups in total. The largest absolute Gasteiger partial charge is 0.489 e. The van der Waals surface area contributed by atoms with Gasteiger partial charge in [0.1, 0.15) is 17.7 Å². The highest BCUT2D eigenvalue weighted by Crippen LogP contribution is 2.27. The highest BCUT2D eigenvalue weighted by atomic mass is 16.5. The van der Waals surface area contributed by atoms with E-state index in [0.29, 0.717) is 23.6 Å². The maximum absolute atomic E-state index is 11.8. The summed E-state index contributed by atoms with van der Waals surface area (Å²) in [6.45, 7) is 5.68. The van der Waals surface area contributed by atoms with Crippen molar-refractivity contribution in [2.45, 2.75) is 39.3 Å². The van der Waals surface area contributed by atoms with E-state index in [1.165, 1.54) is 6.07 Å². The average Bonchev–Trinajstić information content (AvgIpc) is 3.03. The molecule has 0 atom stereocenters. The molecule has 8 heteroatoms. The molecule has 0 aromatic carbocycles. The van der Waals surface area contributed by atoms with E-state index in [0.717, 1.165) is 43.0 Å². The summed E-state index contributed by atoms with van der Waals surface area (Å²) in [6.07, 6.45) is 3.17. The summed E-state index contributed by atoms with van der Waals surface area (Å²) < 4.78 is 5.98. The number of piperidine rings is 1. The molecular weight excluding hydrogens is 360 g/mol. The Bertz CT molecular complexity index is 951. The summed E-state index contributed by atoms with van der Waals surface area (Å²) in [7, 11) is 0. The number of aromatic carboxylic acids is 1. The van der Waals surface area contributed by atoms with Gasteiger partial charge in [0.2, 0.25) is 0 Å². The van der Waals surface area contributed by atoms with E-state index in [2.05, 4.69) is 15.2 Å². The summed E-state index contributed by atoms with van der Waals surface area (Å²) in [5.41, 5.74) is 3.09. The minimum Gasteiger partial charge on any atom is -0.489 e. The minimum atomic E-state index is -1.00. The molecule has 2 aromatic heterocycles. The summed E-state index contributed by atoms with van der Waals surface area (Å²) in [5.74, 6) is 0.338. The number of amides is 1. The van der Waals surface area contributed by atoms with Crippen LogP contribution in [0.25, 0.3) is 0 Å². The number of pyridine rings is 2. The molecule has 2 aliphatic heterocycles. The van der Waals surface area contributed by atoms with Crippen molar-refractivity contribution in [3.05, 3.63) is 46.4 Å². The number of nitrogens with zero attached hydrogens (tertiary/aromatic N) is 3. The fourth-order valence-corrected chi connectivity index (χ4v) is 3.72. The zero-order valence-corrected chi connectivity index (χ0v) is 15.9. The van der Waals surface area contributed by atoms with Crippen LogP contribution >= 0.6 is 0 Å². The standard InChI is InChI=1S/C20H22N4O4/c1-11-7-16-17(10-22-19(16)25)23-18(11)24-5-3-13(4-6-24)28-14-8-15(20(26)27)12(2)21-9-14/h7-9,13H,3-6,10H2,1-2H3,(H,22,25)(H,26,27). The van der Waals surface area contributed by atoms with Gasteiger partial charge >= 0.3 is 5.97 Å². The molecule has 0 bridgehead atoms. The fourth-order valence-electron chi connectivity index (χ4n) is 3.72. The molecule has 0 saturated carbocycles. The lowest BCUT2D eigenvalue weighted by Crippen LogP contribution is -2.39. The molecule has 2 aliphatic rings. The predicted molar refractivity (Wildman–Crippen MR) is 102 cm³/mol. The molecule has 2 aromatic rings. The topological polar surface area (TPSA) is 105 Å². The Morgan fingerprint density at radius 2 is 2.04 bits per heavy atom. The van der Waals surface area contributed by atoms with Crippen LogP contribution < -0.4 is 15.0 Å². The van der Waals surface area contributed by atoms with Crippen molar-refractivity contribution in [2.24, 2.45) is 0 Å². The summed E-state index contributed by atoms with van der Waals surface area (Å²) in [6, 6.07) is 3.45. The first-order chi connectivity index (χ1) is 13.4. The first-order valence-corrected chi connectivity index (χ1v) is 9.32. The fraction of sp³-hybridized carbons (Fsp3) is 0.400. The number of aromatic nitrogens is 2. The number of carboxylic acid groups (broad SMARTS) is 1. The molecule has 28 heavy (non-hydrogen) atoms. The van der Waals surface area contributed by atoms with Crippen molar-refractivity contribution >= 4 is 17.7 Å². The molecule has 1 fully saturated rings. The quantitative estimate of drug-likeness (QED) is 0.834. The number of nitrogens with one attached hydrogen (secondary N) is 1. The Balaban J connectivity index is 1.42. The maximum atomic E-state index is 11.8. The lowest BCUT2D eigenvalue weighted by Gasteiger charge is -2.34. The third kappa shape index (κ3) is 3.37. The lowest BCUT2D eigenvalue weighted by atomic mass is 10.1. The van der Waals surface area contributed by atoms with Gasteiger partial charge in [0.05, 0.1) is 35.3 Å². The Morgan fingerprint density at radius 3 is 2.75 bits per heavy atom. The molecule has 0 unspecified atom stereocenters. The third-order valence-corrected chi connectivity index (χ3v) is 5.26. The van der Waals surface area contributed by atoms with E-state index < -0.39 is 5.97 Å². The highest BCUT2D eigenvalue weighted by molar-refractivity contribution is 5.98. The molecule has 0 radical (unpaired) electrons. The van der Waals surface area contributed by atoms with Crippen LogP contribution in [0.1, 0.15) is 50.5 Å². The summed E-state index contributed by atoms with van der Waals surface area (Å²) in [5, 5.41) is 12.0. The number of anilines is 1. The molecule has 146 valence electrons. The van der Waals surface area contributed by atoms with Crippen molar-refractivity contribution in [1.29, 1.82) is 0 Å². The van der Waals surface area contributed by atoms with Crippen molar-refractivity contribution in [2.75, 3.05) is 18.0 Å². The van der Waals surface area contributed by atoms with Crippen LogP contribution in [0.5, 0.6) is 5.75 Å². The zero-order valence-electron chi connectivity index (χ0n) is 15.9. The maximum Gasteiger partial charge on any atom is 0.337 e. The van der Waals surface area contributed by atoms with Crippen molar-refractivity contribution < 1.29 is 19.4 Å². The number of aryl methyl sites for hydroxylation is 2. The van der Waals surface area contributed by atoms with E-state index in [1.54, 1.807) is 13.1 Å². The van der Waals surface area contributed by atoms with Crippen molar-refractivity contribution in [3.8, 4) is 5.75 Å². The number of rotatable bonds is 4. The van der Waals surface area contributed by atoms with Crippen LogP contribution in [0.4, 0.5) is 5.82 Å². The Kier molecular flexibility index (Phi) is 4.62. The average molecular weight is 382 g/mol. The van der Waals surface area contributed by atoms with Crippen LogP contribution in [0.2, 0.25) is 0 Å². The molecule has 1 saturated heterocycles.